The quantitative estimate of drug-likeness (QED) is 0.128. The molecule has 34 heavy (non-hydrogen) atoms. The summed E-state index contributed by atoms with van der Waals surface area (Å²) >= 11 is 0. The van der Waals surface area contributed by atoms with Crippen LogP contribution in [0.4, 0.5) is 0 Å². The predicted octanol–water partition coefficient (Wildman–Crippen LogP) is -3.83. The fourth-order valence-corrected chi connectivity index (χ4v) is 2.28. The molecule has 0 heterocycles. The van der Waals surface area contributed by atoms with E-state index >= 15 is 0 Å². The minimum absolute atomic E-state index is 0.472. The molecule has 0 fully saturated rings. The third kappa shape index (κ3) is 11.4. The van der Waals surface area contributed by atoms with Crippen LogP contribution in [0.5, 0.6) is 0 Å². The van der Waals surface area contributed by atoms with Crippen LogP contribution in [0.25, 0.3) is 0 Å². The molecule has 0 radical (unpaired) electrons. The first-order valence-electron chi connectivity index (χ1n) is 10.7. The topological polar surface area (TPSA) is 218 Å². The number of nitrogens with two attached hydrogens (primary N) is 1. The van der Waals surface area contributed by atoms with E-state index in [0.717, 1.165) is 0 Å². The van der Waals surface area contributed by atoms with E-state index in [1.165, 1.54) is 41.5 Å². The van der Waals surface area contributed by atoms with E-state index in [0.29, 0.717) is 6.29 Å². The number of hydrogen-bond acceptors (Lipinski definition) is 8. The van der Waals surface area contributed by atoms with E-state index < -0.39 is 78.2 Å². The molecule has 192 valence electrons. The maximum Gasteiger partial charge on any atom is 0.242 e. The average molecular weight is 486 g/mol. The van der Waals surface area contributed by atoms with Gasteiger partial charge in [-0.15, -0.1) is 0 Å². The lowest BCUT2D eigenvalue weighted by molar-refractivity contribution is -0.133. The standard InChI is InChI=1S/C20H35N7O7/c1-9(8-28)23-18(32)13(5)27-19(33)12(4)24-15(29)7-22-17(31)11(3)26-20(34)14(6)25-16(30)10(2)21/h8-14H,7,21H2,1-6H3,(H,22,31)(H,23,32)(H,24,29)(H,25,30)(H,26,34)(H,27,33)/t9-,10-,11-,12-,13-,14-/m0/s1. The van der Waals surface area contributed by atoms with E-state index in [2.05, 4.69) is 31.9 Å². The largest absolute Gasteiger partial charge is 0.345 e. The molecule has 0 aliphatic rings. The molecule has 0 bridgehead atoms. The average Bonchev–Trinajstić information content (AvgIpc) is 2.76. The maximum atomic E-state index is 12.2. The first-order valence-corrected chi connectivity index (χ1v) is 10.7. The number of aldehydes is 1. The minimum Gasteiger partial charge on any atom is -0.345 e. The molecule has 0 aliphatic heterocycles. The SMILES string of the molecule is C[C@H](N)C(=O)N[C@@H](C)C(=O)N[C@@H](C)C(=O)NCC(=O)N[C@@H](C)C(=O)N[C@@H](C)C(=O)N[C@@H](C)C=O. The van der Waals surface area contributed by atoms with Gasteiger partial charge in [-0.3, -0.25) is 28.8 Å². The molecule has 0 aromatic rings. The van der Waals surface area contributed by atoms with Crippen LogP contribution in [0, 0.1) is 0 Å². The van der Waals surface area contributed by atoms with Gasteiger partial charge in [-0.2, -0.15) is 0 Å². The molecule has 6 amide bonds. The van der Waals surface area contributed by atoms with Crippen LogP contribution >= 0.6 is 0 Å². The lowest BCUT2D eigenvalue weighted by Gasteiger charge is -2.20. The Morgan fingerprint density at radius 1 is 0.618 bits per heavy atom. The van der Waals surface area contributed by atoms with Crippen LogP contribution in [0.3, 0.4) is 0 Å². The van der Waals surface area contributed by atoms with Crippen LogP contribution < -0.4 is 37.6 Å². The summed E-state index contributed by atoms with van der Waals surface area (Å²) in [4.78, 5) is 82.4. The summed E-state index contributed by atoms with van der Waals surface area (Å²) in [6.07, 6.45) is 0.538. The van der Waals surface area contributed by atoms with Gasteiger partial charge in [0.25, 0.3) is 0 Å². The van der Waals surface area contributed by atoms with Crippen molar-refractivity contribution in [1.82, 2.24) is 31.9 Å². The summed E-state index contributed by atoms with van der Waals surface area (Å²) in [5.74, 6) is -3.71. The molecule has 0 spiro atoms. The summed E-state index contributed by atoms with van der Waals surface area (Å²) in [5.41, 5.74) is 5.41. The highest BCUT2D eigenvalue weighted by Gasteiger charge is 2.24. The molecule has 0 saturated heterocycles. The highest BCUT2D eigenvalue weighted by atomic mass is 16.2. The van der Waals surface area contributed by atoms with E-state index in [-0.39, 0.29) is 0 Å². The number of carbonyl (C=O) groups is 7. The van der Waals surface area contributed by atoms with Gasteiger partial charge in [0.15, 0.2) is 0 Å². The number of hydrogen-bond donors (Lipinski definition) is 7. The molecule has 6 atom stereocenters. The van der Waals surface area contributed by atoms with Crippen molar-refractivity contribution in [3.63, 3.8) is 0 Å². The highest BCUT2D eigenvalue weighted by Crippen LogP contribution is 1.91. The number of amides is 6. The Hall–Kier alpha value is -3.55. The second kappa shape index (κ2) is 14.6. The van der Waals surface area contributed by atoms with Crippen molar-refractivity contribution in [2.24, 2.45) is 5.73 Å². The lowest BCUT2D eigenvalue weighted by atomic mass is 10.2. The molecule has 8 N–H and O–H groups in total. The Balaban J connectivity index is 4.49. The van der Waals surface area contributed by atoms with Gasteiger partial charge >= 0.3 is 0 Å². The third-order valence-corrected chi connectivity index (χ3v) is 4.44. The second-order valence-electron chi connectivity index (χ2n) is 7.92. The van der Waals surface area contributed by atoms with Crippen molar-refractivity contribution in [2.75, 3.05) is 6.54 Å². The van der Waals surface area contributed by atoms with Gasteiger partial charge in [0.05, 0.1) is 18.6 Å². The minimum atomic E-state index is -1.02. The first kappa shape index (κ1) is 30.4. The van der Waals surface area contributed by atoms with E-state index in [1.54, 1.807) is 0 Å². The Kier molecular flexibility index (Phi) is 13.0. The van der Waals surface area contributed by atoms with Crippen LogP contribution in [-0.4, -0.2) is 84.5 Å². The zero-order valence-corrected chi connectivity index (χ0v) is 20.2. The Morgan fingerprint density at radius 2 is 1.00 bits per heavy atom. The number of nitrogens with one attached hydrogen (secondary N) is 6. The highest BCUT2D eigenvalue weighted by molar-refractivity contribution is 5.95. The van der Waals surface area contributed by atoms with Crippen molar-refractivity contribution in [3.05, 3.63) is 0 Å². The summed E-state index contributed by atoms with van der Waals surface area (Å²) in [6.45, 7) is 8.07. The smallest absolute Gasteiger partial charge is 0.242 e. The molecular formula is C20H35N7O7. The van der Waals surface area contributed by atoms with E-state index in [9.17, 15) is 33.6 Å². The van der Waals surface area contributed by atoms with Gasteiger partial charge in [-0.05, 0) is 41.5 Å². The van der Waals surface area contributed by atoms with Gasteiger partial charge in [0, 0.05) is 0 Å². The molecule has 0 rings (SSSR count). The van der Waals surface area contributed by atoms with Gasteiger partial charge in [-0.25, -0.2) is 0 Å². The zero-order chi connectivity index (χ0) is 26.6. The Morgan fingerprint density at radius 3 is 1.44 bits per heavy atom. The molecule has 14 heteroatoms. The molecule has 0 aliphatic carbocycles. The lowest BCUT2D eigenvalue weighted by Crippen LogP contribution is -2.55. The predicted molar refractivity (Wildman–Crippen MR) is 121 cm³/mol. The zero-order valence-electron chi connectivity index (χ0n) is 20.2. The summed E-state index contributed by atoms with van der Waals surface area (Å²) in [7, 11) is 0. The number of carbonyl (C=O) groups excluding carboxylic acids is 7. The van der Waals surface area contributed by atoms with Gasteiger partial charge in [-0.1, -0.05) is 0 Å². The van der Waals surface area contributed by atoms with Crippen LogP contribution in [0.15, 0.2) is 0 Å². The second-order valence-corrected chi connectivity index (χ2v) is 7.92. The monoisotopic (exact) mass is 485 g/mol. The van der Waals surface area contributed by atoms with Crippen molar-refractivity contribution >= 4 is 41.7 Å². The molecule has 0 aromatic heterocycles. The van der Waals surface area contributed by atoms with Gasteiger partial charge < -0.3 is 42.4 Å². The molecule has 14 nitrogen and oxygen atoms in total. The fourth-order valence-electron chi connectivity index (χ4n) is 2.28. The van der Waals surface area contributed by atoms with Crippen LogP contribution in [-0.2, 0) is 33.6 Å². The first-order chi connectivity index (χ1) is 15.7. The van der Waals surface area contributed by atoms with Crippen LogP contribution in [0.2, 0.25) is 0 Å². The molecular weight excluding hydrogens is 450 g/mol. The van der Waals surface area contributed by atoms with E-state index in [4.69, 9.17) is 5.73 Å². The summed E-state index contributed by atoms with van der Waals surface area (Å²) in [5, 5.41) is 14.2. The maximum absolute atomic E-state index is 12.2. The molecule has 0 unspecified atom stereocenters. The summed E-state index contributed by atoms with van der Waals surface area (Å²) in [6, 6.07) is -5.42. The third-order valence-electron chi connectivity index (χ3n) is 4.44. The Labute approximate surface area is 197 Å². The Bertz CT molecular complexity index is 787. The number of rotatable bonds is 13. The molecule has 0 aromatic carbocycles. The fraction of sp³-hybridized carbons (Fsp3) is 0.650. The molecule has 0 saturated carbocycles. The van der Waals surface area contributed by atoms with Crippen molar-refractivity contribution in [2.45, 2.75) is 77.8 Å². The van der Waals surface area contributed by atoms with Gasteiger partial charge in [0.1, 0.15) is 30.5 Å². The van der Waals surface area contributed by atoms with Crippen molar-refractivity contribution in [3.8, 4) is 0 Å². The van der Waals surface area contributed by atoms with Gasteiger partial charge in [0.2, 0.25) is 35.4 Å². The van der Waals surface area contributed by atoms with E-state index in [1.807, 2.05) is 0 Å². The summed E-state index contributed by atoms with van der Waals surface area (Å²) < 4.78 is 0. The van der Waals surface area contributed by atoms with Crippen molar-refractivity contribution in [1.29, 1.82) is 0 Å². The van der Waals surface area contributed by atoms with Crippen LogP contribution in [0.1, 0.15) is 41.5 Å². The van der Waals surface area contributed by atoms with Crippen molar-refractivity contribution < 1.29 is 33.6 Å². The normalized spacial score (nSPS) is 15.7.